The molecule has 1 saturated heterocycles. The van der Waals surface area contributed by atoms with E-state index in [0.717, 1.165) is 0 Å². The number of hydrogen-bond donors (Lipinski definition) is 1. The SMILES string of the molecule is CCC(=O)C1CC(O)CN1C(=O)OC(C)(C)C. The van der Waals surface area contributed by atoms with Crippen LogP contribution in [0.25, 0.3) is 0 Å². The molecule has 2 unspecified atom stereocenters. The second-order valence-electron chi connectivity index (χ2n) is 5.36. The van der Waals surface area contributed by atoms with E-state index in [1.807, 2.05) is 0 Å². The number of carbonyl (C=O) groups is 2. The Morgan fingerprint density at radius 1 is 1.41 bits per heavy atom. The van der Waals surface area contributed by atoms with Crippen molar-refractivity contribution in [3.63, 3.8) is 0 Å². The van der Waals surface area contributed by atoms with Gasteiger partial charge in [-0.2, -0.15) is 0 Å². The van der Waals surface area contributed by atoms with Crippen molar-refractivity contribution in [2.24, 2.45) is 0 Å². The molecule has 0 aromatic heterocycles. The summed E-state index contributed by atoms with van der Waals surface area (Å²) >= 11 is 0. The molecule has 1 aliphatic rings. The lowest BCUT2D eigenvalue weighted by Gasteiger charge is -2.27. The van der Waals surface area contributed by atoms with Crippen LogP contribution < -0.4 is 0 Å². The summed E-state index contributed by atoms with van der Waals surface area (Å²) in [5.74, 6) is -0.0348. The van der Waals surface area contributed by atoms with Crippen LogP contribution in [0.2, 0.25) is 0 Å². The lowest BCUT2D eigenvalue weighted by molar-refractivity contribution is -0.123. The molecule has 0 bridgehead atoms. The van der Waals surface area contributed by atoms with Crippen LogP contribution in [0.4, 0.5) is 4.79 Å². The molecule has 0 aromatic carbocycles. The van der Waals surface area contributed by atoms with Crippen molar-refractivity contribution in [3.8, 4) is 0 Å². The Morgan fingerprint density at radius 3 is 2.47 bits per heavy atom. The smallest absolute Gasteiger partial charge is 0.410 e. The van der Waals surface area contributed by atoms with Gasteiger partial charge < -0.3 is 9.84 Å². The van der Waals surface area contributed by atoms with Crippen LogP contribution in [0.3, 0.4) is 0 Å². The summed E-state index contributed by atoms with van der Waals surface area (Å²) in [6.07, 6.45) is -0.494. The van der Waals surface area contributed by atoms with Crippen molar-refractivity contribution in [1.29, 1.82) is 0 Å². The number of amides is 1. The number of nitrogens with zero attached hydrogens (tertiary/aromatic N) is 1. The molecule has 1 rings (SSSR count). The van der Waals surface area contributed by atoms with Crippen molar-refractivity contribution in [2.45, 2.75) is 58.3 Å². The van der Waals surface area contributed by atoms with Crippen molar-refractivity contribution in [1.82, 2.24) is 4.90 Å². The predicted octanol–water partition coefficient (Wildman–Crippen LogP) is 1.34. The molecular weight excluding hydrogens is 222 g/mol. The number of β-amino-alcohol motifs (C(OH)–C–C–N with tert-alkyl or cyclic N) is 1. The summed E-state index contributed by atoms with van der Waals surface area (Å²) in [6.45, 7) is 7.24. The van der Waals surface area contributed by atoms with Crippen molar-refractivity contribution in [2.75, 3.05) is 6.54 Å². The van der Waals surface area contributed by atoms with Gasteiger partial charge in [-0.05, 0) is 20.8 Å². The Morgan fingerprint density at radius 2 is 2.00 bits per heavy atom. The summed E-state index contributed by atoms with van der Waals surface area (Å²) in [5, 5.41) is 9.56. The number of carbonyl (C=O) groups excluding carboxylic acids is 2. The zero-order valence-electron chi connectivity index (χ0n) is 10.9. The molecular formula is C12H21NO4. The number of Topliss-reactive ketones (excluding diaryl/α,β-unsaturated/α-hetero) is 1. The molecule has 1 fully saturated rings. The van der Waals surface area contributed by atoms with E-state index in [-0.39, 0.29) is 12.3 Å². The van der Waals surface area contributed by atoms with Gasteiger partial charge in [0.25, 0.3) is 0 Å². The zero-order valence-corrected chi connectivity index (χ0v) is 10.9. The Hall–Kier alpha value is -1.10. The minimum absolute atomic E-state index is 0.0348. The Balaban J connectivity index is 2.73. The predicted molar refractivity (Wildman–Crippen MR) is 62.6 cm³/mol. The third-order valence-electron chi connectivity index (χ3n) is 2.63. The van der Waals surface area contributed by atoms with E-state index >= 15 is 0 Å². The van der Waals surface area contributed by atoms with Gasteiger partial charge in [-0.3, -0.25) is 9.69 Å². The molecule has 17 heavy (non-hydrogen) atoms. The number of rotatable bonds is 2. The van der Waals surface area contributed by atoms with Gasteiger partial charge >= 0.3 is 6.09 Å². The minimum atomic E-state index is -0.636. The van der Waals surface area contributed by atoms with E-state index in [2.05, 4.69) is 0 Å². The van der Waals surface area contributed by atoms with Gasteiger partial charge in [0.1, 0.15) is 5.60 Å². The van der Waals surface area contributed by atoms with Crippen LogP contribution in [0.5, 0.6) is 0 Å². The lowest BCUT2D eigenvalue weighted by atomic mass is 10.1. The van der Waals surface area contributed by atoms with Crippen LogP contribution >= 0.6 is 0 Å². The summed E-state index contributed by atoms with van der Waals surface area (Å²) in [4.78, 5) is 24.9. The topological polar surface area (TPSA) is 66.8 Å². The van der Waals surface area contributed by atoms with E-state index in [9.17, 15) is 14.7 Å². The average molecular weight is 243 g/mol. The van der Waals surface area contributed by atoms with E-state index in [4.69, 9.17) is 4.74 Å². The van der Waals surface area contributed by atoms with E-state index in [0.29, 0.717) is 12.8 Å². The number of ketones is 1. The Bertz CT molecular complexity index is 308. The molecule has 0 aromatic rings. The maximum Gasteiger partial charge on any atom is 0.410 e. The average Bonchev–Trinajstić information content (AvgIpc) is 2.56. The Labute approximate surface area is 102 Å². The zero-order chi connectivity index (χ0) is 13.2. The van der Waals surface area contributed by atoms with Gasteiger partial charge in [0.2, 0.25) is 0 Å². The van der Waals surface area contributed by atoms with Gasteiger partial charge in [-0.15, -0.1) is 0 Å². The largest absolute Gasteiger partial charge is 0.444 e. The van der Waals surface area contributed by atoms with Crippen molar-refractivity contribution >= 4 is 11.9 Å². The molecule has 1 aliphatic heterocycles. The molecule has 98 valence electrons. The molecule has 0 radical (unpaired) electrons. The van der Waals surface area contributed by atoms with E-state index in [1.165, 1.54) is 4.90 Å². The van der Waals surface area contributed by atoms with E-state index in [1.54, 1.807) is 27.7 Å². The monoisotopic (exact) mass is 243 g/mol. The van der Waals surface area contributed by atoms with Gasteiger partial charge in [0.15, 0.2) is 5.78 Å². The number of ether oxygens (including phenoxy) is 1. The number of hydrogen-bond acceptors (Lipinski definition) is 4. The lowest BCUT2D eigenvalue weighted by Crippen LogP contribution is -2.43. The number of aliphatic hydroxyl groups is 1. The summed E-state index contributed by atoms with van der Waals surface area (Å²) < 4.78 is 5.22. The number of likely N-dealkylation sites (tertiary alicyclic amines) is 1. The van der Waals surface area contributed by atoms with E-state index < -0.39 is 23.8 Å². The van der Waals surface area contributed by atoms with Gasteiger partial charge in [-0.25, -0.2) is 4.79 Å². The maximum atomic E-state index is 11.9. The highest BCUT2D eigenvalue weighted by molar-refractivity contribution is 5.87. The van der Waals surface area contributed by atoms with Crippen molar-refractivity contribution < 1.29 is 19.4 Å². The van der Waals surface area contributed by atoms with Crippen LogP contribution in [-0.2, 0) is 9.53 Å². The molecule has 0 saturated carbocycles. The fourth-order valence-electron chi connectivity index (χ4n) is 1.88. The minimum Gasteiger partial charge on any atom is -0.444 e. The van der Waals surface area contributed by atoms with Crippen molar-refractivity contribution in [3.05, 3.63) is 0 Å². The standard InChI is InChI=1S/C12H21NO4/c1-5-10(15)9-6-8(14)7-13(9)11(16)17-12(2,3)4/h8-9,14H,5-7H2,1-4H3. The first-order chi connectivity index (χ1) is 7.74. The van der Waals surface area contributed by atoms with Crippen LogP contribution in [0.1, 0.15) is 40.5 Å². The molecule has 0 aliphatic carbocycles. The first kappa shape index (κ1) is 14.0. The molecule has 5 heteroatoms. The van der Waals surface area contributed by atoms with Gasteiger partial charge in [-0.1, -0.05) is 6.92 Å². The van der Waals surface area contributed by atoms with Crippen LogP contribution in [0.15, 0.2) is 0 Å². The van der Waals surface area contributed by atoms with Crippen LogP contribution in [-0.4, -0.2) is 46.2 Å². The normalized spacial score (nSPS) is 24.9. The highest BCUT2D eigenvalue weighted by Crippen LogP contribution is 2.22. The van der Waals surface area contributed by atoms with Crippen LogP contribution in [0, 0.1) is 0 Å². The second-order valence-corrected chi connectivity index (χ2v) is 5.36. The fourth-order valence-corrected chi connectivity index (χ4v) is 1.88. The van der Waals surface area contributed by atoms with Gasteiger partial charge in [0.05, 0.1) is 18.7 Å². The fraction of sp³-hybridized carbons (Fsp3) is 0.833. The second kappa shape index (κ2) is 5.04. The molecule has 1 amide bonds. The third-order valence-corrected chi connectivity index (χ3v) is 2.63. The van der Waals surface area contributed by atoms with Gasteiger partial charge in [0, 0.05) is 12.8 Å². The first-order valence-electron chi connectivity index (χ1n) is 5.95. The maximum absolute atomic E-state index is 11.9. The molecule has 2 atom stereocenters. The highest BCUT2D eigenvalue weighted by atomic mass is 16.6. The molecule has 5 nitrogen and oxygen atoms in total. The quantitative estimate of drug-likeness (QED) is 0.794. The summed E-state index contributed by atoms with van der Waals surface area (Å²) in [5.41, 5.74) is -0.593. The number of aliphatic hydroxyl groups excluding tert-OH is 1. The first-order valence-corrected chi connectivity index (χ1v) is 5.95. The molecule has 0 spiro atoms. The highest BCUT2D eigenvalue weighted by Gasteiger charge is 2.39. The Kier molecular flexibility index (Phi) is 4.14. The third kappa shape index (κ3) is 3.70. The summed E-state index contributed by atoms with van der Waals surface area (Å²) in [6, 6.07) is -0.537. The summed E-state index contributed by atoms with van der Waals surface area (Å²) in [7, 11) is 0. The molecule has 1 heterocycles. The molecule has 1 N–H and O–H groups in total.